The van der Waals surface area contributed by atoms with Crippen molar-refractivity contribution >= 4 is 11.7 Å². The first-order valence-electron chi connectivity index (χ1n) is 9.73. The molecule has 1 N–H and O–H groups in total. The number of carbonyl (C=O) groups is 1. The average molecular weight is 390 g/mol. The number of fused-ring (bicyclic) bond motifs is 1. The smallest absolute Gasteiger partial charge is 0.359 e. The van der Waals surface area contributed by atoms with Gasteiger partial charge in [-0.15, -0.1) is 0 Å². The van der Waals surface area contributed by atoms with E-state index in [0.29, 0.717) is 19.6 Å². The van der Waals surface area contributed by atoms with Crippen molar-refractivity contribution in [3.8, 4) is 17.0 Å². The van der Waals surface area contributed by atoms with E-state index >= 15 is 0 Å². The molecular weight excluding hydrogens is 366 g/mol. The summed E-state index contributed by atoms with van der Waals surface area (Å²) in [7, 11) is 1.68. The molecule has 1 aliphatic heterocycles. The Morgan fingerprint density at radius 2 is 1.86 bits per heavy atom. The van der Waals surface area contributed by atoms with Crippen molar-refractivity contribution in [2.75, 3.05) is 25.6 Å². The molecule has 0 radical (unpaired) electrons. The Morgan fingerprint density at radius 3 is 2.62 bits per heavy atom. The van der Waals surface area contributed by atoms with Crippen molar-refractivity contribution in [2.24, 2.45) is 0 Å². The Labute approximate surface area is 170 Å². The molecule has 0 aliphatic carbocycles. The van der Waals surface area contributed by atoms with Crippen LogP contribution in [-0.2, 0) is 11.2 Å². The van der Waals surface area contributed by atoms with Gasteiger partial charge >= 0.3 is 11.7 Å². The summed E-state index contributed by atoms with van der Waals surface area (Å²) in [5, 5.41) is 3.27. The molecule has 4 rings (SSSR count). The fraction of sp³-hybridized carbons (Fsp3) is 0.261. The maximum Gasteiger partial charge on any atom is 0.359 e. The molecule has 0 fully saturated rings. The quantitative estimate of drug-likeness (QED) is 0.473. The Balaban J connectivity index is 1.45. The van der Waals surface area contributed by atoms with Crippen molar-refractivity contribution in [1.29, 1.82) is 0 Å². The summed E-state index contributed by atoms with van der Waals surface area (Å²) >= 11 is 0. The number of nitrogens with zero attached hydrogens (tertiary/aromatic N) is 2. The molecule has 0 saturated carbocycles. The van der Waals surface area contributed by atoms with Gasteiger partial charge in [0.25, 0.3) is 0 Å². The lowest BCUT2D eigenvalue weighted by atomic mass is 10.1. The molecule has 2 aromatic carbocycles. The van der Waals surface area contributed by atoms with Gasteiger partial charge in [-0.3, -0.25) is 5.32 Å². The van der Waals surface area contributed by atoms with Crippen molar-refractivity contribution in [3.05, 3.63) is 72.6 Å². The Hall–Kier alpha value is -3.25. The molecule has 1 atom stereocenters. The molecule has 0 amide bonds. The van der Waals surface area contributed by atoms with Crippen LogP contribution in [0.4, 0.5) is 5.82 Å². The zero-order valence-corrected chi connectivity index (χ0v) is 16.4. The van der Waals surface area contributed by atoms with E-state index in [1.54, 1.807) is 24.1 Å². The van der Waals surface area contributed by atoms with E-state index in [-0.39, 0.29) is 11.9 Å². The number of hydrogen-bond acceptors (Lipinski definition) is 5. The largest absolute Gasteiger partial charge is 0.494 e. The molecule has 29 heavy (non-hydrogen) atoms. The predicted octanol–water partition coefficient (Wildman–Crippen LogP) is 3.13. The van der Waals surface area contributed by atoms with Crippen LogP contribution >= 0.6 is 0 Å². The minimum absolute atomic E-state index is 0.0330. The molecule has 0 saturated heterocycles. The van der Waals surface area contributed by atoms with E-state index in [2.05, 4.69) is 10.3 Å². The van der Waals surface area contributed by atoms with Gasteiger partial charge in [-0.1, -0.05) is 30.3 Å². The van der Waals surface area contributed by atoms with Crippen LogP contribution in [0.2, 0.25) is 0 Å². The minimum atomic E-state index is -0.280. The number of anilines is 1. The highest BCUT2D eigenvalue weighted by Gasteiger charge is 2.38. The van der Waals surface area contributed by atoms with Crippen molar-refractivity contribution < 1.29 is 18.8 Å². The van der Waals surface area contributed by atoms with Crippen LogP contribution < -0.4 is 14.6 Å². The highest BCUT2D eigenvalue weighted by Crippen LogP contribution is 2.22. The summed E-state index contributed by atoms with van der Waals surface area (Å²) in [6.07, 6.45) is 5.00. The van der Waals surface area contributed by atoms with Gasteiger partial charge < -0.3 is 9.47 Å². The fourth-order valence-corrected chi connectivity index (χ4v) is 3.37. The normalized spacial score (nSPS) is 15.1. The monoisotopic (exact) mass is 390 g/mol. The molecule has 1 unspecified atom stereocenters. The number of aromatic nitrogens is 2. The van der Waals surface area contributed by atoms with E-state index in [9.17, 15) is 4.79 Å². The molecule has 6 heteroatoms. The van der Waals surface area contributed by atoms with E-state index in [4.69, 9.17) is 9.47 Å². The van der Waals surface area contributed by atoms with Gasteiger partial charge in [-0.2, -0.15) is 4.57 Å². The minimum Gasteiger partial charge on any atom is -0.494 e. The lowest BCUT2D eigenvalue weighted by molar-refractivity contribution is -0.552. The summed E-state index contributed by atoms with van der Waals surface area (Å²) in [6, 6.07) is 17.5. The zero-order chi connectivity index (χ0) is 20.1. The third kappa shape index (κ3) is 4.43. The third-order valence-electron chi connectivity index (χ3n) is 4.89. The first-order valence-corrected chi connectivity index (χ1v) is 9.73. The molecule has 148 valence electrons. The number of nitrogens with one attached hydrogen (secondary N) is 1. The summed E-state index contributed by atoms with van der Waals surface area (Å²) in [6.45, 7) is 1.30. The van der Waals surface area contributed by atoms with Crippen LogP contribution in [0, 0.1) is 0 Å². The van der Waals surface area contributed by atoms with Crippen molar-refractivity contribution in [3.63, 3.8) is 0 Å². The number of methoxy groups -OCH3 is 1. The topological polar surface area (TPSA) is 64.3 Å². The van der Waals surface area contributed by atoms with Gasteiger partial charge in [-0.05, 0) is 29.8 Å². The summed E-state index contributed by atoms with van der Waals surface area (Å²) in [5.41, 5.74) is 2.81. The molecule has 1 aliphatic rings. The maximum absolute atomic E-state index is 12.9. The van der Waals surface area contributed by atoms with Crippen LogP contribution in [0.25, 0.3) is 11.3 Å². The van der Waals surface area contributed by atoms with Gasteiger partial charge in [0.1, 0.15) is 23.8 Å². The lowest BCUT2D eigenvalue weighted by Gasteiger charge is -2.06. The number of rotatable bonds is 8. The summed E-state index contributed by atoms with van der Waals surface area (Å²) in [5.74, 6) is 1.56. The van der Waals surface area contributed by atoms with Crippen LogP contribution in [0.5, 0.6) is 5.75 Å². The standard InChI is InChI=1S/C23H23N3O3/c1-28-12-5-13-29-19-10-8-18(9-11-19)21-16-26-22(15-24-21)25-20(23(26)27)14-17-6-3-2-4-7-17/h2-4,6-11,15-16,20H,5,12-14H2,1H3/p+1. The van der Waals surface area contributed by atoms with Crippen LogP contribution in [0.1, 0.15) is 16.8 Å². The van der Waals surface area contributed by atoms with E-state index in [0.717, 1.165) is 34.8 Å². The summed E-state index contributed by atoms with van der Waals surface area (Å²) < 4.78 is 12.4. The van der Waals surface area contributed by atoms with E-state index in [1.165, 1.54) is 0 Å². The highest BCUT2D eigenvalue weighted by molar-refractivity contribution is 5.82. The molecular formula is C23H24N3O3+. The zero-order valence-electron chi connectivity index (χ0n) is 16.4. The maximum atomic E-state index is 12.9. The first-order chi connectivity index (χ1) is 14.2. The highest BCUT2D eigenvalue weighted by atomic mass is 16.5. The molecule has 3 aromatic rings. The lowest BCUT2D eigenvalue weighted by Crippen LogP contribution is -2.43. The number of carbonyl (C=O) groups excluding carboxylic acids is 1. The van der Waals surface area contributed by atoms with Crippen LogP contribution in [0.3, 0.4) is 0 Å². The van der Waals surface area contributed by atoms with Gasteiger partial charge in [0, 0.05) is 32.1 Å². The Kier molecular flexibility index (Phi) is 5.81. The average Bonchev–Trinajstić information content (AvgIpc) is 3.07. The van der Waals surface area contributed by atoms with Crippen molar-refractivity contribution in [2.45, 2.75) is 18.9 Å². The van der Waals surface area contributed by atoms with Crippen molar-refractivity contribution in [1.82, 2.24) is 4.98 Å². The number of ether oxygens (including phenoxy) is 2. The van der Waals surface area contributed by atoms with Gasteiger partial charge in [0.15, 0.2) is 6.04 Å². The molecule has 0 bridgehead atoms. The van der Waals surface area contributed by atoms with Gasteiger partial charge in [0.05, 0.1) is 6.61 Å². The Bertz CT molecular complexity index is 974. The number of benzene rings is 2. The Morgan fingerprint density at radius 1 is 1.07 bits per heavy atom. The van der Waals surface area contributed by atoms with Gasteiger partial charge in [-0.25, -0.2) is 9.78 Å². The second-order valence-corrected chi connectivity index (χ2v) is 6.97. The fourth-order valence-electron chi connectivity index (χ4n) is 3.37. The molecule has 2 heterocycles. The molecule has 0 spiro atoms. The van der Waals surface area contributed by atoms with E-state index in [1.807, 2.05) is 54.6 Å². The summed E-state index contributed by atoms with van der Waals surface area (Å²) in [4.78, 5) is 17.4. The van der Waals surface area contributed by atoms with Crippen LogP contribution in [0.15, 0.2) is 67.0 Å². The second-order valence-electron chi connectivity index (χ2n) is 6.97. The van der Waals surface area contributed by atoms with E-state index < -0.39 is 0 Å². The first kappa shape index (κ1) is 19.1. The molecule has 1 aromatic heterocycles. The SMILES string of the molecule is COCCCOc1ccc(-c2c[n+]3c(cn2)NC(Cc2ccccc2)C3=O)cc1. The van der Waals surface area contributed by atoms with Gasteiger partial charge in [0.2, 0.25) is 0 Å². The number of hydrogen-bond donors (Lipinski definition) is 1. The predicted molar refractivity (Wildman–Crippen MR) is 110 cm³/mol. The third-order valence-corrected chi connectivity index (χ3v) is 4.89. The second kappa shape index (κ2) is 8.84. The molecule has 6 nitrogen and oxygen atoms in total. The van der Waals surface area contributed by atoms with Crippen LogP contribution in [-0.4, -0.2) is 37.3 Å².